The first-order chi connectivity index (χ1) is 14.7. The number of aromatic nitrogens is 1. The minimum absolute atomic E-state index is 0. The van der Waals surface area contributed by atoms with Crippen molar-refractivity contribution in [3.63, 3.8) is 0 Å². The monoisotopic (exact) mass is 495 g/mol. The Morgan fingerprint density at radius 3 is 2.47 bits per heavy atom. The second-order valence-electron chi connectivity index (χ2n) is 8.96. The molecule has 0 radical (unpaired) electrons. The maximum absolute atomic E-state index is 2.68. The second kappa shape index (κ2) is 9.39. The van der Waals surface area contributed by atoms with Crippen molar-refractivity contribution in [1.82, 2.24) is 4.57 Å². The van der Waals surface area contributed by atoms with Crippen molar-refractivity contribution in [3.8, 4) is 0 Å². The van der Waals surface area contributed by atoms with E-state index in [1.165, 1.54) is 54.1 Å². The first-order valence-corrected chi connectivity index (χ1v) is 13.0. The summed E-state index contributed by atoms with van der Waals surface area (Å²) < 4.78 is 4.99. The molecule has 4 heteroatoms. The fraction of sp³-hybridized carbons (Fsp3) is 0.286. The molecule has 0 saturated carbocycles. The number of hydrogen-bond donors (Lipinski definition) is 0. The van der Waals surface area contributed by atoms with Gasteiger partial charge in [-0.1, -0.05) is 0 Å². The van der Waals surface area contributed by atoms with Crippen LogP contribution in [-0.4, -0.2) is 4.57 Å². The van der Waals surface area contributed by atoms with E-state index in [-0.39, 0.29) is 44.0 Å². The fourth-order valence-corrected chi connectivity index (χ4v) is 8.33. The van der Waals surface area contributed by atoms with Gasteiger partial charge in [-0.15, -0.1) is 0 Å². The molecule has 3 aromatic rings. The van der Waals surface area contributed by atoms with Gasteiger partial charge in [0.05, 0.1) is 0 Å². The molecule has 6 rings (SSSR count). The van der Waals surface area contributed by atoms with E-state index in [1.54, 1.807) is 32.0 Å². The Balaban J connectivity index is 0.00000122. The summed E-state index contributed by atoms with van der Waals surface area (Å²) in [5.74, 6) is 0. The number of nitrogens with zero attached hydrogens (tertiary/aromatic N) is 1. The van der Waals surface area contributed by atoms with Gasteiger partial charge in [-0.05, 0) is 0 Å². The maximum Gasteiger partial charge on any atom is -1.00 e. The van der Waals surface area contributed by atoms with Crippen LogP contribution in [0.1, 0.15) is 59.7 Å². The summed E-state index contributed by atoms with van der Waals surface area (Å²) in [5, 5.41) is 1.48. The van der Waals surface area contributed by atoms with Crippen LogP contribution in [0.4, 0.5) is 0 Å². The molecule has 162 valence electrons. The van der Waals surface area contributed by atoms with Crippen LogP contribution < -0.4 is 24.8 Å². The first kappa shape index (κ1) is 23.6. The summed E-state index contributed by atoms with van der Waals surface area (Å²) in [7, 11) is 0. The van der Waals surface area contributed by atoms with Gasteiger partial charge in [-0.3, -0.25) is 0 Å². The molecule has 0 spiro atoms. The Morgan fingerprint density at radius 2 is 1.66 bits per heavy atom. The van der Waals surface area contributed by atoms with Crippen molar-refractivity contribution in [2.75, 3.05) is 0 Å². The van der Waals surface area contributed by atoms with Gasteiger partial charge in [0.2, 0.25) is 0 Å². The van der Waals surface area contributed by atoms with Gasteiger partial charge in [0, 0.05) is 0 Å². The van der Waals surface area contributed by atoms with E-state index in [9.17, 15) is 0 Å². The summed E-state index contributed by atoms with van der Waals surface area (Å²) >= 11 is -0.288. The molecule has 0 fully saturated rings. The number of hydrogen-bond acceptors (Lipinski definition) is 0. The summed E-state index contributed by atoms with van der Waals surface area (Å²) in [4.78, 5) is 0. The summed E-state index contributed by atoms with van der Waals surface area (Å²) in [6.07, 6.45) is 11.2. The Labute approximate surface area is 212 Å². The first-order valence-electron chi connectivity index (χ1n) is 11.3. The smallest absolute Gasteiger partial charge is 1.00 e. The Hall–Kier alpha value is -1.51. The number of allylic oxidation sites excluding steroid dienone is 5. The molecule has 3 aliphatic rings. The predicted molar refractivity (Wildman–Crippen MR) is 123 cm³/mol. The molecule has 1 heterocycles. The van der Waals surface area contributed by atoms with Crippen LogP contribution in [0.2, 0.25) is 0 Å². The largest absolute Gasteiger partial charge is 1.00 e. The zero-order valence-electron chi connectivity index (χ0n) is 18.6. The SMILES string of the molecule is CC1=CC[C]([Ti+2][CH]2C(n3c4c(c5ccccc53)CCCC4)=Cc3ccccc32)=C1C.[Cl-].[Cl-]. The summed E-state index contributed by atoms with van der Waals surface area (Å²) in [6.45, 7) is 4.62. The standard InChI is InChI=1S/C21H18N.C7H9.2ClH.Ti/c1-2-8-16-14-17(13-15(16)7-1)22-20-11-5-3-9-18(20)19-10-4-6-12-21(19)22;1-6-4-3-5-7(6)2;;;/h1-3,5,7-9,11,13-14H,4,6,10,12H2;4H,3H2,1-2H3;2*1H;/q;;;;+2/p-2. The number of rotatable bonds is 3. The van der Waals surface area contributed by atoms with Gasteiger partial charge >= 0.3 is 189 Å². The average Bonchev–Trinajstić information content (AvgIpc) is 3.41. The molecule has 0 N–H and O–H groups in total. The molecule has 1 unspecified atom stereocenters. The third kappa shape index (κ3) is 3.68. The van der Waals surface area contributed by atoms with Crippen molar-refractivity contribution in [1.29, 1.82) is 0 Å². The summed E-state index contributed by atoms with van der Waals surface area (Å²) in [6, 6.07) is 18.3. The maximum atomic E-state index is 2.68. The zero-order valence-corrected chi connectivity index (χ0v) is 21.7. The fourth-order valence-electron chi connectivity index (χ4n) is 5.58. The van der Waals surface area contributed by atoms with E-state index in [0.717, 1.165) is 0 Å². The topological polar surface area (TPSA) is 4.93 Å². The molecule has 1 nitrogen and oxygen atoms in total. The van der Waals surface area contributed by atoms with E-state index in [2.05, 4.69) is 79.1 Å². The second-order valence-corrected chi connectivity index (χ2v) is 11.3. The number of aryl methyl sites for hydroxylation is 1. The molecule has 0 aliphatic heterocycles. The molecule has 0 amide bonds. The minimum Gasteiger partial charge on any atom is -1.00 e. The van der Waals surface area contributed by atoms with Crippen molar-refractivity contribution in [3.05, 3.63) is 92.0 Å². The molecule has 3 aliphatic carbocycles. The van der Waals surface area contributed by atoms with E-state index in [0.29, 0.717) is 4.22 Å². The molecular weight excluding hydrogens is 469 g/mol. The molecule has 0 saturated heterocycles. The zero-order chi connectivity index (χ0) is 20.2. The van der Waals surface area contributed by atoms with Crippen LogP contribution >= 0.6 is 0 Å². The molecule has 32 heavy (non-hydrogen) atoms. The van der Waals surface area contributed by atoms with Crippen molar-refractivity contribution < 1.29 is 44.0 Å². The van der Waals surface area contributed by atoms with Crippen LogP contribution in [0.25, 0.3) is 22.7 Å². The third-order valence-electron chi connectivity index (χ3n) is 7.32. The van der Waals surface area contributed by atoms with Crippen LogP contribution in [0.15, 0.2) is 69.6 Å². The van der Waals surface area contributed by atoms with E-state index in [1.807, 2.05) is 0 Å². The van der Waals surface area contributed by atoms with Gasteiger partial charge in [0.15, 0.2) is 0 Å². The van der Waals surface area contributed by atoms with Crippen molar-refractivity contribution in [2.45, 2.75) is 50.2 Å². The molecule has 0 bridgehead atoms. The normalized spacial score (nSPS) is 18.9. The van der Waals surface area contributed by atoms with Crippen molar-refractivity contribution in [2.24, 2.45) is 0 Å². The predicted octanol–water partition coefficient (Wildman–Crippen LogP) is 1.29. The number of halogens is 2. The Kier molecular flexibility index (Phi) is 6.94. The molecule has 1 atom stereocenters. The summed E-state index contributed by atoms with van der Waals surface area (Å²) in [5.41, 5.74) is 12.2. The van der Waals surface area contributed by atoms with Gasteiger partial charge in [0.25, 0.3) is 0 Å². The molecular formula is C28H27Cl2NTi. The van der Waals surface area contributed by atoms with Gasteiger partial charge in [0.1, 0.15) is 0 Å². The van der Waals surface area contributed by atoms with E-state index >= 15 is 0 Å². The number of benzene rings is 2. The van der Waals surface area contributed by atoms with Gasteiger partial charge in [-0.25, -0.2) is 0 Å². The minimum atomic E-state index is -0.288. The van der Waals surface area contributed by atoms with Crippen LogP contribution in [0.3, 0.4) is 0 Å². The van der Waals surface area contributed by atoms with E-state index < -0.39 is 0 Å². The Morgan fingerprint density at radius 1 is 0.906 bits per heavy atom. The number of fused-ring (bicyclic) bond motifs is 4. The van der Waals surface area contributed by atoms with Crippen molar-refractivity contribution >= 4 is 22.7 Å². The van der Waals surface area contributed by atoms with Gasteiger partial charge in [-0.2, -0.15) is 0 Å². The molecule has 1 aromatic heterocycles. The van der Waals surface area contributed by atoms with E-state index in [4.69, 9.17) is 0 Å². The number of para-hydroxylation sites is 1. The van der Waals surface area contributed by atoms with Crippen LogP contribution in [0, 0.1) is 0 Å². The average molecular weight is 496 g/mol. The van der Waals surface area contributed by atoms with Gasteiger partial charge < -0.3 is 24.8 Å². The molecule has 2 aromatic carbocycles. The Bertz CT molecular complexity index is 1280. The van der Waals surface area contributed by atoms with Crippen LogP contribution in [-0.2, 0) is 32.0 Å². The third-order valence-corrected chi connectivity index (χ3v) is 10.2. The quantitative estimate of drug-likeness (QED) is 0.482. The van der Waals surface area contributed by atoms with Crippen LogP contribution in [0.5, 0.6) is 0 Å².